The van der Waals surface area contributed by atoms with E-state index in [1.807, 2.05) is 48.0 Å². The van der Waals surface area contributed by atoms with Crippen molar-refractivity contribution in [1.29, 1.82) is 0 Å². The number of nitrogens with zero attached hydrogens (tertiary/aromatic N) is 4. The summed E-state index contributed by atoms with van der Waals surface area (Å²) < 4.78 is 7.47. The van der Waals surface area contributed by atoms with Crippen LogP contribution in [0, 0.1) is 0 Å². The average molecular weight is 503 g/mol. The zero-order valence-corrected chi connectivity index (χ0v) is 21.4. The van der Waals surface area contributed by atoms with Crippen LogP contribution in [0.25, 0.3) is 22.3 Å². The quantitative estimate of drug-likeness (QED) is 0.234. The SMILES string of the molecule is CCC(=O)CCCCC[C@H](NC(=O)CCn1ccnc1)c1ncc(-c2cc(OC)c3ccccc3n2)[nH]1. The van der Waals surface area contributed by atoms with Gasteiger partial charge in [0.25, 0.3) is 0 Å². The highest BCUT2D eigenvalue weighted by molar-refractivity contribution is 5.87. The van der Waals surface area contributed by atoms with Gasteiger partial charge in [0.1, 0.15) is 17.4 Å². The van der Waals surface area contributed by atoms with Gasteiger partial charge in [-0.05, 0) is 25.0 Å². The van der Waals surface area contributed by atoms with Crippen molar-refractivity contribution in [2.45, 2.75) is 64.5 Å². The van der Waals surface area contributed by atoms with Crippen LogP contribution in [0.15, 0.2) is 55.2 Å². The molecule has 0 spiro atoms. The number of unbranched alkanes of at least 4 members (excludes halogenated alkanes) is 2. The number of carbonyl (C=O) groups excluding carboxylic acids is 2. The molecule has 0 unspecified atom stereocenters. The molecule has 0 saturated carbocycles. The minimum absolute atomic E-state index is 0.0525. The second-order valence-electron chi connectivity index (χ2n) is 9.07. The summed E-state index contributed by atoms with van der Waals surface area (Å²) in [6.45, 7) is 2.45. The van der Waals surface area contributed by atoms with Crippen LogP contribution >= 0.6 is 0 Å². The van der Waals surface area contributed by atoms with Crippen LogP contribution in [0.4, 0.5) is 0 Å². The van der Waals surface area contributed by atoms with Crippen molar-refractivity contribution in [2.24, 2.45) is 0 Å². The number of nitrogens with one attached hydrogen (secondary N) is 2. The van der Waals surface area contributed by atoms with Crippen molar-refractivity contribution < 1.29 is 14.3 Å². The van der Waals surface area contributed by atoms with Crippen LogP contribution in [0.3, 0.4) is 0 Å². The molecule has 0 bridgehead atoms. The Bertz CT molecular complexity index is 1310. The fraction of sp³-hybridized carbons (Fsp3) is 0.393. The lowest BCUT2D eigenvalue weighted by atomic mass is 10.0. The second kappa shape index (κ2) is 12.8. The van der Waals surface area contributed by atoms with Crippen molar-refractivity contribution in [2.75, 3.05) is 7.11 Å². The summed E-state index contributed by atoms with van der Waals surface area (Å²) in [5.74, 6) is 1.66. The van der Waals surface area contributed by atoms with E-state index in [9.17, 15) is 9.59 Å². The number of H-pyrrole nitrogens is 1. The maximum atomic E-state index is 12.8. The molecule has 1 aromatic carbocycles. The van der Waals surface area contributed by atoms with Gasteiger partial charge in [0.05, 0.1) is 42.6 Å². The fourth-order valence-corrected chi connectivity index (χ4v) is 4.31. The summed E-state index contributed by atoms with van der Waals surface area (Å²) >= 11 is 0. The third-order valence-corrected chi connectivity index (χ3v) is 6.43. The van der Waals surface area contributed by atoms with Gasteiger partial charge in [-0.15, -0.1) is 0 Å². The van der Waals surface area contributed by atoms with E-state index >= 15 is 0 Å². The average Bonchev–Trinajstić information content (AvgIpc) is 3.63. The lowest BCUT2D eigenvalue weighted by Gasteiger charge is -2.17. The summed E-state index contributed by atoms with van der Waals surface area (Å²) in [6.07, 6.45) is 11.9. The van der Waals surface area contributed by atoms with Crippen LogP contribution in [0.5, 0.6) is 5.75 Å². The number of ether oxygens (including phenoxy) is 1. The molecule has 1 atom stereocenters. The van der Waals surface area contributed by atoms with Crippen molar-refractivity contribution in [3.63, 3.8) is 0 Å². The van der Waals surface area contributed by atoms with Crippen molar-refractivity contribution in [1.82, 2.24) is 29.8 Å². The Labute approximate surface area is 216 Å². The Kier molecular flexibility index (Phi) is 9.02. The van der Waals surface area contributed by atoms with Gasteiger partial charge in [-0.3, -0.25) is 9.59 Å². The van der Waals surface area contributed by atoms with E-state index in [0.29, 0.717) is 37.4 Å². The number of aromatic nitrogens is 5. The number of methoxy groups -OCH3 is 1. The molecule has 0 fully saturated rings. The highest BCUT2D eigenvalue weighted by Crippen LogP contribution is 2.30. The topological polar surface area (TPSA) is 115 Å². The molecule has 4 aromatic rings. The molecule has 3 heterocycles. The monoisotopic (exact) mass is 502 g/mol. The van der Waals surface area contributed by atoms with Gasteiger partial charge in [0.15, 0.2) is 0 Å². The van der Waals surface area contributed by atoms with Gasteiger partial charge in [-0.25, -0.2) is 15.0 Å². The van der Waals surface area contributed by atoms with E-state index < -0.39 is 0 Å². The number of amides is 1. The van der Waals surface area contributed by atoms with E-state index in [1.54, 1.807) is 25.8 Å². The van der Waals surface area contributed by atoms with Crippen LogP contribution in [0.1, 0.15) is 63.7 Å². The molecule has 0 saturated heterocycles. The van der Waals surface area contributed by atoms with Gasteiger partial charge < -0.3 is 19.6 Å². The largest absolute Gasteiger partial charge is 0.496 e. The van der Waals surface area contributed by atoms with Gasteiger partial charge in [0, 0.05) is 49.7 Å². The predicted molar refractivity (Wildman–Crippen MR) is 142 cm³/mol. The lowest BCUT2D eigenvalue weighted by Crippen LogP contribution is -2.30. The zero-order valence-electron chi connectivity index (χ0n) is 21.4. The smallest absolute Gasteiger partial charge is 0.222 e. The highest BCUT2D eigenvalue weighted by atomic mass is 16.5. The number of imidazole rings is 2. The Morgan fingerprint density at radius 1 is 1.16 bits per heavy atom. The molecule has 9 nitrogen and oxygen atoms in total. The molecule has 0 aliphatic heterocycles. The molecule has 0 radical (unpaired) electrons. The first-order valence-electron chi connectivity index (χ1n) is 12.8. The number of ketones is 1. The number of para-hydroxylation sites is 1. The van der Waals surface area contributed by atoms with Crippen LogP contribution < -0.4 is 10.1 Å². The number of benzene rings is 1. The molecule has 0 aliphatic carbocycles. The third kappa shape index (κ3) is 7.03. The summed E-state index contributed by atoms with van der Waals surface area (Å²) in [7, 11) is 1.65. The van der Waals surface area contributed by atoms with E-state index in [4.69, 9.17) is 9.72 Å². The van der Waals surface area contributed by atoms with Crippen LogP contribution in [0.2, 0.25) is 0 Å². The Morgan fingerprint density at radius 3 is 2.81 bits per heavy atom. The minimum atomic E-state index is -0.270. The van der Waals surface area contributed by atoms with Crippen LogP contribution in [-0.4, -0.2) is 43.3 Å². The third-order valence-electron chi connectivity index (χ3n) is 6.43. The fourth-order valence-electron chi connectivity index (χ4n) is 4.31. The molecule has 3 aromatic heterocycles. The number of hydrogen-bond donors (Lipinski definition) is 2. The summed E-state index contributed by atoms with van der Waals surface area (Å²) in [5.41, 5.74) is 2.31. The summed E-state index contributed by atoms with van der Waals surface area (Å²) in [4.78, 5) is 41.2. The van der Waals surface area contributed by atoms with E-state index in [2.05, 4.69) is 20.3 Å². The highest BCUT2D eigenvalue weighted by Gasteiger charge is 2.19. The van der Waals surface area contributed by atoms with Crippen molar-refractivity contribution >= 4 is 22.6 Å². The number of hydrogen-bond acceptors (Lipinski definition) is 6. The van der Waals surface area contributed by atoms with Gasteiger partial charge in [-0.2, -0.15) is 0 Å². The van der Waals surface area contributed by atoms with E-state index in [1.165, 1.54) is 0 Å². The Hall–Kier alpha value is -4.01. The number of Topliss-reactive ketones (excluding diaryl/α,β-unsaturated/α-hetero) is 1. The molecular formula is C28H34N6O3. The minimum Gasteiger partial charge on any atom is -0.496 e. The van der Waals surface area contributed by atoms with Gasteiger partial charge >= 0.3 is 0 Å². The normalized spacial score (nSPS) is 11.9. The molecule has 194 valence electrons. The number of aromatic amines is 1. The molecule has 37 heavy (non-hydrogen) atoms. The summed E-state index contributed by atoms with van der Waals surface area (Å²) in [6, 6.07) is 9.45. The maximum Gasteiger partial charge on any atom is 0.222 e. The zero-order chi connectivity index (χ0) is 26.0. The van der Waals surface area contributed by atoms with Gasteiger partial charge in [0.2, 0.25) is 5.91 Å². The molecule has 0 aliphatic rings. The molecular weight excluding hydrogens is 468 g/mol. The molecule has 2 N–H and O–H groups in total. The van der Waals surface area contributed by atoms with Crippen molar-refractivity contribution in [3.8, 4) is 17.1 Å². The summed E-state index contributed by atoms with van der Waals surface area (Å²) in [5, 5.41) is 4.09. The number of pyridine rings is 1. The first-order valence-corrected chi connectivity index (χ1v) is 12.8. The second-order valence-corrected chi connectivity index (χ2v) is 9.07. The van der Waals surface area contributed by atoms with Gasteiger partial charge in [-0.1, -0.05) is 31.9 Å². The Morgan fingerprint density at radius 2 is 2.03 bits per heavy atom. The first-order chi connectivity index (χ1) is 18.1. The molecule has 9 heteroatoms. The number of carbonyl (C=O) groups is 2. The standard InChI is InChI=1S/C28H34N6O3/c1-3-20(35)9-5-4-6-12-23(32-27(36)13-15-34-16-14-29-19-34)28-30-18-25(33-28)24-17-26(37-2)21-10-7-8-11-22(21)31-24/h7-8,10-11,14,16-19,23H,3-6,9,12-13,15H2,1-2H3,(H,30,33)(H,32,36)/t23-/m0/s1. The lowest BCUT2D eigenvalue weighted by molar-refractivity contribution is -0.122. The number of rotatable bonds is 14. The number of fused-ring (bicyclic) bond motifs is 1. The molecule has 4 rings (SSSR count). The number of aryl methyl sites for hydroxylation is 1. The molecule has 1 amide bonds. The predicted octanol–water partition coefficient (Wildman–Crippen LogP) is 5.01. The van der Waals surface area contributed by atoms with E-state index in [-0.39, 0.29) is 11.9 Å². The van der Waals surface area contributed by atoms with E-state index in [0.717, 1.165) is 53.7 Å². The maximum absolute atomic E-state index is 12.8. The first kappa shape index (κ1) is 26.1. The van der Waals surface area contributed by atoms with Crippen molar-refractivity contribution in [3.05, 3.63) is 61.1 Å². The van der Waals surface area contributed by atoms with Crippen LogP contribution in [-0.2, 0) is 16.1 Å². The Balaban J connectivity index is 1.48.